The van der Waals surface area contributed by atoms with Crippen LogP contribution < -0.4 is 0 Å². The minimum absolute atomic E-state index is 0.194. The molecule has 1 saturated heterocycles. The Hall–Kier alpha value is -1.06. The van der Waals surface area contributed by atoms with E-state index in [0.29, 0.717) is 19.4 Å². The van der Waals surface area contributed by atoms with E-state index < -0.39 is 0 Å². The van der Waals surface area contributed by atoms with Crippen LogP contribution >= 0.6 is 0 Å². The van der Waals surface area contributed by atoms with Gasteiger partial charge >= 0.3 is 11.9 Å². The van der Waals surface area contributed by atoms with Crippen LogP contribution in [0.3, 0.4) is 0 Å². The van der Waals surface area contributed by atoms with Crippen molar-refractivity contribution in [1.29, 1.82) is 0 Å². The van der Waals surface area contributed by atoms with Crippen molar-refractivity contribution in [2.45, 2.75) is 32.3 Å². The fraction of sp³-hybridized carbons (Fsp3) is 0.750. The standard InChI is InChI=1S/C8H12O4/c1-2-11-8(10)5-6-3-4-7(9)12-6/h6H,2-5H2,1H3/t6-/m0/s1. The van der Waals surface area contributed by atoms with E-state index >= 15 is 0 Å². The van der Waals surface area contributed by atoms with Crippen LogP contribution in [0.1, 0.15) is 26.2 Å². The van der Waals surface area contributed by atoms with Gasteiger partial charge < -0.3 is 9.47 Å². The normalized spacial score (nSPS) is 22.1. The van der Waals surface area contributed by atoms with Gasteiger partial charge in [-0.15, -0.1) is 0 Å². The van der Waals surface area contributed by atoms with E-state index in [1.54, 1.807) is 6.92 Å². The van der Waals surface area contributed by atoms with E-state index in [-0.39, 0.29) is 24.5 Å². The number of hydrogen-bond donors (Lipinski definition) is 0. The summed E-state index contributed by atoms with van der Waals surface area (Å²) in [6, 6.07) is 0. The lowest BCUT2D eigenvalue weighted by Gasteiger charge is -2.07. The highest BCUT2D eigenvalue weighted by molar-refractivity contribution is 5.74. The summed E-state index contributed by atoms with van der Waals surface area (Å²) in [4.78, 5) is 21.5. The van der Waals surface area contributed by atoms with Gasteiger partial charge in [-0.25, -0.2) is 0 Å². The lowest BCUT2D eigenvalue weighted by Crippen LogP contribution is -2.15. The van der Waals surface area contributed by atoms with Gasteiger partial charge in [0.2, 0.25) is 0 Å². The van der Waals surface area contributed by atoms with Gasteiger partial charge in [-0.3, -0.25) is 9.59 Å². The number of rotatable bonds is 3. The molecule has 0 N–H and O–H groups in total. The van der Waals surface area contributed by atoms with Gasteiger partial charge in [-0.2, -0.15) is 0 Å². The average molecular weight is 172 g/mol. The predicted octanol–water partition coefficient (Wildman–Crippen LogP) is 0.645. The Bertz CT molecular complexity index is 187. The van der Waals surface area contributed by atoms with Crippen LogP contribution in [0.15, 0.2) is 0 Å². The molecule has 4 heteroatoms. The summed E-state index contributed by atoms with van der Waals surface area (Å²) < 4.78 is 9.55. The monoisotopic (exact) mass is 172 g/mol. The van der Waals surface area contributed by atoms with Gasteiger partial charge in [0.1, 0.15) is 6.10 Å². The first-order chi connectivity index (χ1) is 5.72. The van der Waals surface area contributed by atoms with Gasteiger partial charge in [-0.05, 0) is 13.3 Å². The molecule has 0 unspecified atom stereocenters. The summed E-state index contributed by atoms with van der Waals surface area (Å²) in [6.07, 6.45) is 0.998. The second kappa shape index (κ2) is 4.09. The lowest BCUT2D eigenvalue weighted by atomic mass is 10.2. The third-order valence-corrected chi connectivity index (χ3v) is 1.67. The molecule has 1 atom stereocenters. The van der Waals surface area contributed by atoms with Crippen LogP contribution in [0, 0.1) is 0 Å². The highest BCUT2D eigenvalue weighted by Gasteiger charge is 2.25. The van der Waals surface area contributed by atoms with Crippen molar-refractivity contribution >= 4 is 11.9 Å². The van der Waals surface area contributed by atoms with E-state index in [0.717, 1.165) is 0 Å². The average Bonchev–Trinajstić information content (AvgIpc) is 2.36. The minimum atomic E-state index is -0.294. The molecule has 0 aliphatic carbocycles. The third kappa shape index (κ3) is 2.53. The topological polar surface area (TPSA) is 52.6 Å². The molecular weight excluding hydrogens is 160 g/mol. The van der Waals surface area contributed by atoms with Crippen LogP contribution in [0.5, 0.6) is 0 Å². The van der Waals surface area contributed by atoms with Crippen molar-refractivity contribution in [1.82, 2.24) is 0 Å². The lowest BCUT2D eigenvalue weighted by molar-refractivity contribution is -0.149. The van der Waals surface area contributed by atoms with Gasteiger partial charge in [-0.1, -0.05) is 0 Å². The molecule has 0 bridgehead atoms. The molecule has 0 aromatic rings. The molecule has 0 aromatic carbocycles. The number of hydrogen-bond acceptors (Lipinski definition) is 4. The quantitative estimate of drug-likeness (QED) is 0.586. The Morgan fingerprint density at radius 2 is 2.50 bits per heavy atom. The molecular formula is C8H12O4. The van der Waals surface area contributed by atoms with E-state index in [2.05, 4.69) is 0 Å². The Balaban J connectivity index is 2.23. The van der Waals surface area contributed by atoms with Crippen molar-refractivity contribution in [2.75, 3.05) is 6.61 Å². The summed E-state index contributed by atoms with van der Waals surface area (Å²) in [5.41, 5.74) is 0. The maximum atomic E-state index is 10.9. The molecule has 1 rings (SSSR count). The zero-order valence-electron chi connectivity index (χ0n) is 7.04. The van der Waals surface area contributed by atoms with Gasteiger partial charge in [0.25, 0.3) is 0 Å². The van der Waals surface area contributed by atoms with Crippen LogP contribution in [0.4, 0.5) is 0 Å². The van der Waals surface area contributed by atoms with Gasteiger partial charge in [0.05, 0.1) is 13.0 Å². The Kier molecular flexibility index (Phi) is 3.08. The molecule has 68 valence electrons. The van der Waals surface area contributed by atoms with Crippen molar-refractivity contribution in [3.8, 4) is 0 Å². The Morgan fingerprint density at radius 3 is 3.00 bits per heavy atom. The predicted molar refractivity (Wildman–Crippen MR) is 40.4 cm³/mol. The number of cyclic esters (lactones) is 1. The maximum absolute atomic E-state index is 10.9. The van der Waals surface area contributed by atoms with Crippen molar-refractivity contribution in [3.05, 3.63) is 0 Å². The molecule has 1 aliphatic heterocycles. The van der Waals surface area contributed by atoms with E-state index in [4.69, 9.17) is 9.47 Å². The fourth-order valence-corrected chi connectivity index (χ4v) is 1.13. The van der Waals surface area contributed by atoms with Gasteiger partial charge in [0, 0.05) is 6.42 Å². The van der Waals surface area contributed by atoms with Crippen molar-refractivity contribution < 1.29 is 19.1 Å². The molecule has 0 amide bonds. The number of esters is 2. The second-order valence-electron chi connectivity index (χ2n) is 2.66. The highest BCUT2D eigenvalue weighted by Crippen LogP contribution is 2.16. The Morgan fingerprint density at radius 1 is 1.75 bits per heavy atom. The molecule has 1 fully saturated rings. The zero-order valence-corrected chi connectivity index (χ0v) is 7.04. The van der Waals surface area contributed by atoms with Crippen LogP contribution in [-0.4, -0.2) is 24.6 Å². The first-order valence-electron chi connectivity index (χ1n) is 4.07. The SMILES string of the molecule is CCOC(=O)C[C@@H]1CCC(=O)O1. The van der Waals surface area contributed by atoms with E-state index in [1.807, 2.05) is 0 Å². The summed E-state index contributed by atoms with van der Waals surface area (Å²) in [7, 11) is 0. The van der Waals surface area contributed by atoms with Crippen molar-refractivity contribution in [3.63, 3.8) is 0 Å². The summed E-state index contributed by atoms with van der Waals surface area (Å²) >= 11 is 0. The number of carbonyl (C=O) groups is 2. The molecule has 1 heterocycles. The third-order valence-electron chi connectivity index (χ3n) is 1.67. The molecule has 1 aliphatic rings. The first kappa shape index (κ1) is 9.03. The van der Waals surface area contributed by atoms with Gasteiger partial charge in [0.15, 0.2) is 0 Å². The second-order valence-corrected chi connectivity index (χ2v) is 2.66. The molecule has 12 heavy (non-hydrogen) atoms. The van der Waals surface area contributed by atoms with E-state index in [9.17, 15) is 9.59 Å². The minimum Gasteiger partial charge on any atom is -0.466 e. The molecule has 0 spiro atoms. The molecule has 0 saturated carbocycles. The smallest absolute Gasteiger partial charge is 0.309 e. The molecule has 4 nitrogen and oxygen atoms in total. The first-order valence-corrected chi connectivity index (χ1v) is 4.07. The number of carbonyl (C=O) groups excluding carboxylic acids is 2. The van der Waals surface area contributed by atoms with Crippen molar-refractivity contribution in [2.24, 2.45) is 0 Å². The van der Waals surface area contributed by atoms with Crippen LogP contribution in [0.2, 0.25) is 0 Å². The summed E-state index contributed by atoms with van der Waals surface area (Å²) in [5.74, 6) is -0.513. The molecule has 0 radical (unpaired) electrons. The highest BCUT2D eigenvalue weighted by atomic mass is 16.6. The fourth-order valence-electron chi connectivity index (χ4n) is 1.13. The Labute approximate surface area is 70.8 Å². The molecule has 0 aromatic heterocycles. The maximum Gasteiger partial charge on any atom is 0.309 e. The van der Waals surface area contributed by atoms with E-state index in [1.165, 1.54) is 0 Å². The van der Waals surface area contributed by atoms with Crippen LogP contribution in [-0.2, 0) is 19.1 Å². The zero-order chi connectivity index (χ0) is 8.97. The van der Waals surface area contributed by atoms with Crippen LogP contribution in [0.25, 0.3) is 0 Å². The number of ether oxygens (including phenoxy) is 2. The largest absolute Gasteiger partial charge is 0.466 e. The summed E-state index contributed by atoms with van der Waals surface area (Å²) in [5, 5.41) is 0. The summed E-state index contributed by atoms with van der Waals surface area (Å²) in [6.45, 7) is 2.12.